The second-order valence-corrected chi connectivity index (χ2v) is 17.0. The molecule has 0 radical (unpaired) electrons. The molecule has 0 bridgehead atoms. The molecule has 0 rings (SSSR count). The van der Waals surface area contributed by atoms with Gasteiger partial charge in [0.2, 0.25) is 0 Å². The van der Waals surface area contributed by atoms with Crippen molar-refractivity contribution in [3.63, 3.8) is 0 Å². The number of unbranched alkanes of at least 4 members (excludes halogenated alkanes) is 23. The molecule has 0 saturated carbocycles. The molecular weight excluding hydrogens is 769 g/mol. The van der Waals surface area contributed by atoms with Crippen LogP contribution in [0.2, 0.25) is 0 Å². The van der Waals surface area contributed by atoms with Crippen LogP contribution in [0, 0.1) is 0 Å². The van der Waals surface area contributed by atoms with E-state index in [-0.39, 0.29) is 31.1 Å². The first-order valence-corrected chi connectivity index (χ1v) is 25.9. The normalized spacial score (nSPS) is 12.6. The zero-order valence-corrected chi connectivity index (χ0v) is 40.6. The van der Waals surface area contributed by atoms with Crippen LogP contribution in [-0.4, -0.2) is 37.2 Å². The third-order valence-corrected chi connectivity index (χ3v) is 10.9. The summed E-state index contributed by atoms with van der Waals surface area (Å²) < 4.78 is 16.8. The summed E-state index contributed by atoms with van der Waals surface area (Å²) in [6.07, 6.45) is 63.1. The Balaban J connectivity index is 4.40. The number of rotatable bonds is 46. The topological polar surface area (TPSA) is 78.9 Å². The summed E-state index contributed by atoms with van der Waals surface area (Å²) in [5.74, 6) is -0.923. The lowest BCUT2D eigenvalue weighted by molar-refractivity contribution is -0.167. The van der Waals surface area contributed by atoms with E-state index < -0.39 is 6.10 Å². The highest BCUT2D eigenvalue weighted by Gasteiger charge is 2.19. The van der Waals surface area contributed by atoms with E-state index in [1.807, 2.05) is 0 Å². The Morgan fingerprint density at radius 1 is 0.339 bits per heavy atom. The quantitative estimate of drug-likeness (QED) is 0.0262. The van der Waals surface area contributed by atoms with Gasteiger partial charge in [-0.2, -0.15) is 0 Å². The van der Waals surface area contributed by atoms with Crippen LogP contribution in [0.25, 0.3) is 0 Å². The molecule has 1 unspecified atom stereocenters. The van der Waals surface area contributed by atoms with Crippen LogP contribution in [-0.2, 0) is 28.6 Å². The minimum Gasteiger partial charge on any atom is -0.462 e. The first-order valence-electron chi connectivity index (χ1n) is 25.9. The summed E-state index contributed by atoms with van der Waals surface area (Å²) in [6.45, 7) is 6.44. The summed E-state index contributed by atoms with van der Waals surface area (Å²) in [7, 11) is 0. The lowest BCUT2D eigenvalue weighted by Crippen LogP contribution is -2.30. The Morgan fingerprint density at radius 3 is 1.05 bits per heavy atom. The van der Waals surface area contributed by atoms with Crippen molar-refractivity contribution in [2.45, 2.75) is 252 Å². The maximum absolute atomic E-state index is 12.8. The average Bonchev–Trinajstić information content (AvgIpc) is 3.27. The van der Waals surface area contributed by atoms with Gasteiger partial charge in [0.25, 0.3) is 0 Å². The summed E-state index contributed by atoms with van der Waals surface area (Å²) in [6, 6.07) is 0. The van der Waals surface area contributed by atoms with Crippen LogP contribution in [0.1, 0.15) is 245 Å². The molecule has 0 amide bonds. The molecule has 0 heterocycles. The summed E-state index contributed by atoms with van der Waals surface area (Å²) in [4.78, 5) is 37.9. The van der Waals surface area contributed by atoms with Gasteiger partial charge in [-0.25, -0.2) is 0 Å². The maximum atomic E-state index is 12.8. The molecule has 6 heteroatoms. The van der Waals surface area contributed by atoms with Gasteiger partial charge in [0.15, 0.2) is 6.10 Å². The Morgan fingerprint density at radius 2 is 0.645 bits per heavy atom. The maximum Gasteiger partial charge on any atom is 0.306 e. The van der Waals surface area contributed by atoms with E-state index in [1.165, 1.54) is 89.9 Å². The van der Waals surface area contributed by atoms with Gasteiger partial charge in [-0.3, -0.25) is 14.4 Å². The molecule has 0 spiro atoms. The second-order valence-electron chi connectivity index (χ2n) is 17.0. The van der Waals surface area contributed by atoms with E-state index >= 15 is 0 Å². The Labute approximate surface area is 382 Å². The Hall–Kier alpha value is -3.15. The number of allylic oxidation sites excluding steroid dienone is 12. The minimum atomic E-state index is -0.790. The molecule has 0 saturated heterocycles. The third-order valence-electron chi connectivity index (χ3n) is 10.9. The summed E-state index contributed by atoms with van der Waals surface area (Å²) in [5, 5.41) is 0. The highest BCUT2D eigenvalue weighted by molar-refractivity contribution is 5.71. The summed E-state index contributed by atoms with van der Waals surface area (Å²) >= 11 is 0. The lowest BCUT2D eigenvalue weighted by Gasteiger charge is -2.18. The van der Waals surface area contributed by atoms with Gasteiger partial charge in [0.05, 0.1) is 0 Å². The van der Waals surface area contributed by atoms with Gasteiger partial charge in [-0.15, -0.1) is 0 Å². The zero-order chi connectivity index (χ0) is 45.1. The number of hydrogen-bond donors (Lipinski definition) is 0. The van der Waals surface area contributed by atoms with Crippen LogP contribution >= 0.6 is 0 Å². The van der Waals surface area contributed by atoms with E-state index in [9.17, 15) is 14.4 Å². The number of hydrogen-bond acceptors (Lipinski definition) is 6. The summed E-state index contributed by atoms with van der Waals surface area (Å²) in [5.41, 5.74) is 0. The molecule has 6 nitrogen and oxygen atoms in total. The number of carbonyl (C=O) groups is 3. The number of carbonyl (C=O) groups excluding carboxylic acids is 3. The average molecular weight is 865 g/mol. The van der Waals surface area contributed by atoms with Crippen molar-refractivity contribution in [1.29, 1.82) is 0 Å². The van der Waals surface area contributed by atoms with Crippen molar-refractivity contribution in [2.24, 2.45) is 0 Å². The van der Waals surface area contributed by atoms with E-state index in [0.717, 1.165) is 116 Å². The van der Waals surface area contributed by atoms with Crippen LogP contribution < -0.4 is 0 Å². The van der Waals surface area contributed by atoms with Crippen LogP contribution in [0.5, 0.6) is 0 Å². The zero-order valence-electron chi connectivity index (χ0n) is 40.6. The van der Waals surface area contributed by atoms with Crippen LogP contribution in [0.3, 0.4) is 0 Å². The van der Waals surface area contributed by atoms with Gasteiger partial charge in [-0.05, 0) is 103 Å². The second kappa shape index (κ2) is 50.5. The minimum absolute atomic E-state index is 0.0895. The molecule has 0 aliphatic heterocycles. The number of ether oxygens (including phenoxy) is 3. The molecule has 0 fully saturated rings. The van der Waals surface area contributed by atoms with Crippen LogP contribution in [0.15, 0.2) is 72.9 Å². The first-order chi connectivity index (χ1) is 30.5. The lowest BCUT2D eigenvalue weighted by atomic mass is 10.1. The van der Waals surface area contributed by atoms with Crippen molar-refractivity contribution in [1.82, 2.24) is 0 Å². The van der Waals surface area contributed by atoms with E-state index in [0.29, 0.717) is 19.3 Å². The van der Waals surface area contributed by atoms with Crippen molar-refractivity contribution >= 4 is 17.9 Å². The van der Waals surface area contributed by atoms with E-state index in [4.69, 9.17) is 14.2 Å². The van der Waals surface area contributed by atoms with Gasteiger partial charge in [0, 0.05) is 19.3 Å². The molecule has 0 aromatic carbocycles. The van der Waals surface area contributed by atoms with Crippen molar-refractivity contribution in [3.8, 4) is 0 Å². The van der Waals surface area contributed by atoms with Gasteiger partial charge in [-0.1, -0.05) is 196 Å². The smallest absolute Gasteiger partial charge is 0.306 e. The molecule has 62 heavy (non-hydrogen) atoms. The third kappa shape index (κ3) is 47.9. The van der Waals surface area contributed by atoms with Crippen LogP contribution in [0.4, 0.5) is 0 Å². The molecule has 0 aromatic heterocycles. The van der Waals surface area contributed by atoms with Gasteiger partial charge >= 0.3 is 17.9 Å². The standard InChI is InChI=1S/C56H96O6/c1-4-7-10-13-16-19-22-24-26-27-28-30-31-34-37-40-43-46-49-55(58)61-52-53(51-60-54(57)48-45-42-39-36-33-21-18-15-12-9-6-3)62-56(59)50-47-44-41-38-35-32-29-25-23-20-17-14-11-8-5-2/h8,11,15,17-20,22,25-27,29,53H,4-7,9-10,12-14,16,21,23-24,28,30-52H2,1-3H3/b11-8-,18-15-,20-17-,22-19-,27-26-,29-25-. The first kappa shape index (κ1) is 58.9. The predicted octanol–water partition coefficient (Wildman–Crippen LogP) is 17.0. The molecule has 356 valence electrons. The molecule has 0 aromatic rings. The number of esters is 3. The van der Waals surface area contributed by atoms with E-state index in [2.05, 4.69) is 93.7 Å². The molecular formula is C56H96O6. The van der Waals surface area contributed by atoms with Crippen molar-refractivity contribution in [3.05, 3.63) is 72.9 Å². The van der Waals surface area contributed by atoms with Crippen molar-refractivity contribution in [2.75, 3.05) is 13.2 Å². The van der Waals surface area contributed by atoms with Gasteiger partial charge in [0.1, 0.15) is 13.2 Å². The highest BCUT2D eigenvalue weighted by Crippen LogP contribution is 2.14. The highest BCUT2D eigenvalue weighted by atomic mass is 16.6. The molecule has 0 N–H and O–H groups in total. The monoisotopic (exact) mass is 865 g/mol. The predicted molar refractivity (Wildman–Crippen MR) is 265 cm³/mol. The van der Waals surface area contributed by atoms with Gasteiger partial charge < -0.3 is 14.2 Å². The fourth-order valence-electron chi connectivity index (χ4n) is 7.00. The molecule has 0 aliphatic carbocycles. The van der Waals surface area contributed by atoms with Crippen molar-refractivity contribution < 1.29 is 28.6 Å². The van der Waals surface area contributed by atoms with E-state index in [1.54, 1.807) is 0 Å². The largest absolute Gasteiger partial charge is 0.462 e. The molecule has 0 aliphatic rings. The Bertz CT molecular complexity index is 1180. The fourth-order valence-corrected chi connectivity index (χ4v) is 7.00. The fraction of sp³-hybridized carbons (Fsp3) is 0.732. The SMILES string of the molecule is CC/C=C\C/C=C\C/C=C\CCCCCCCC(=O)OC(COC(=O)CCCCCCC/C=C\CCCC)COC(=O)CCCCCCCCC/C=C\C/C=C\CCCCCC. The molecule has 1 atom stereocenters. The Kier molecular flexibility index (Phi) is 47.9.